The summed E-state index contributed by atoms with van der Waals surface area (Å²) in [5, 5.41) is 32.0. The highest BCUT2D eigenvalue weighted by Crippen LogP contribution is 2.29. The van der Waals surface area contributed by atoms with Gasteiger partial charge in [0.15, 0.2) is 5.76 Å². The first-order valence-corrected chi connectivity index (χ1v) is 5.99. The van der Waals surface area contributed by atoms with Crippen molar-refractivity contribution in [3.63, 3.8) is 0 Å². The monoisotopic (exact) mass is 259 g/mol. The van der Waals surface area contributed by atoms with Gasteiger partial charge in [0.05, 0.1) is 17.8 Å². The van der Waals surface area contributed by atoms with E-state index < -0.39 is 11.0 Å². The standard InChI is InChI=1S/C14H17N3O2/c1-4-5-6-14(9-15,10-16)8-11-7-12(19-17-11)13(2,3)18/h4,7,18H,1,5-6,8H2,2-3H3. The van der Waals surface area contributed by atoms with Gasteiger partial charge in [0.1, 0.15) is 11.0 Å². The molecule has 5 heteroatoms. The van der Waals surface area contributed by atoms with Crippen molar-refractivity contribution < 1.29 is 9.63 Å². The maximum absolute atomic E-state index is 9.78. The highest BCUT2D eigenvalue weighted by molar-refractivity contribution is 5.21. The predicted molar refractivity (Wildman–Crippen MR) is 68.5 cm³/mol. The van der Waals surface area contributed by atoms with E-state index in [1.165, 1.54) is 0 Å². The van der Waals surface area contributed by atoms with Crippen LogP contribution in [0.3, 0.4) is 0 Å². The maximum Gasteiger partial charge on any atom is 0.167 e. The van der Waals surface area contributed by atoms with E-state index in [0.29, 0.717) is 24.3 Å². The van der Waals surface area contributed by atoms with Crippen LogP contribution in [0, 0.1) is 28.1 Å². The first-order valence-electron chi connectivity index (χ1n) is 5.99. The smallest absolute Gasteiger partial charge is 0.167 e. The summed E-state index contributed by atoms with van der Waals surface area (Å²) in [6, 6.07) is 5.67. The van der Waals surface area contributed by atoms with Gasteiger partial charge in [-0.25, -0.2) is 0 Å². The van der Waals surface area contributed by atoms with Crippen LogP contribution in [0.5, 0.6) is 0 Å². The summed E-state index contributed by atoms with van der Waals surface area (Å²) >= 11 is 0. The van der Waals surface area contributed by atoms with Crippen LogP contribution in [0.15, 0.2) is 23.2 Å². The van der Waals surface area contributed by atoms with Gasteiger partial charge in [0.25, 0.3) is 0 Å². The molecule has 0 spiro atoms. The van der Waals surface area contributed by atoms with Crippen LogP contribution < -0.4 is 0 Å². The van der Waals surface area contributed by atoms with E-state index in [-0.39, 0.29) is 6.42 Å². The lowest BCUT2D eigenvalue weighted by Crippen LogP contribution is -2.19. The van der Waals surface area contributed by atoms with Crippen molar-refractivity contribution in [2.45, 2.75) is 38.7 Å². The number of nitrogens with zero attached hydrogens (tertiary/aromatic N) is 3. The molecule has 1 aromatic rings. The predicted octanol–water partition coefficient (Wildman–Crippen LogP) is 2.44. The Kier molecular flexibility index (Phi) is 4.47. The van der Waals surface area contributed by atoms with Gasteiger partial charge in [-0.1, -0.05) is 11.2 Å². The van der Waals surface area contributed by atoms with E-state index in [9.17, 15) is 15.6 Å². The molecule has 0 radical (unpaired) electrons. The molecule has 0 saturated heterocycles. The molecule has 5 nitrogen and oxygen atoms in total. The second-order valence-electron chi connectivity index (χ2n) is 5.05. The summed E-state index contributed by atoms with van der Waals surface area (Å²) in [5.41, 5.74) is -1.78. The van der Waals surface area contributed by atoms with E-state index in [1.807, 2.05) is 12.1 Å². The number of aliphatic hydroxyl groups is 1. The average molecular weight is 259 g/mol. The summed E-state index contributed by atoms with van der Waals surface area (Å²) in [5.74, 6) is 0.316. The topological polar surface area (TPSA) is 93.8 Å². The highest BCUT2D eigenvalue weighted by Gasteiger charge is 2.32. The van der Waals surface area contributed by atoms with Crippen LogP contribution in [0.1, 0.15) is 38.1 Å². The lowest BCUT2D eigenvalue weighted by Gasteiger charge is -2.15. The Labute approximate surface area is 112 Å². The Morgan fingerprint density at radius 1 is 1.47 bits per heavy atom. The van der Waals surface area contributed by atoms with Crippen molar-refractivity contribution >= 4 is 0 Å². The summed E-state index contributed by atoms with van der Waals surface area (Å²) in [6.07, 6.45) is 2.83. The van der Waals surface area contributed by atoms with Gasteiger partial charge in [-0.3, -0.25) is 0 Å². The molecule has 0 aliphatic rings. The number of nitriles is 2. The fraction of sp³-hybridized carbons (Fsp3) is 0.500. The zero-order valence-corrected chi connectivity index (χ0v) is 11.2. The summed E-state index contributed by atoms with van der Waals surface area (Å²) in [6.45, 7) is 6.75. The Bertz CT molecular complexity index is 512. The molecule has 0 fully saturated rings. The zero-order chi connectivity index (χ0) is 14.5. The molecule has 1 heterocycles. The molecule has 1 N–H and O–H groups in total. The Morgan fingerprint density at radius 2 is 2.11 bits per heavy atom. The van der Waals surface area contributed by atoms with E-state index in [4.69, 9.17) is 4.52 Å². The normalized spacial score (nSPS) is 11.6. The van der Waals surface area contributed by atoms with Crippen molar-refractivity contribution in [3.8, 4) is 12.1 Å². The number of hydrogen-bond acceptors (Lipinski definition) is 5. The number of allylic oxidation sites excluding steroid dienone is 1. The molecule has 1 rings (SSSR count). The number of hydrogen-bond donors (Lipinski definition) is 1. The fourth-order valence-corrected chi connectivity index (χ4v) is 1.65. The third-order valence-corrected chi connectivity index (χ3v) is 2.85. The molecule has 19 heavy (non-hydrogen) atoms. The number of aromatic nitrogens is 1. The van der Waals surface area contributed by atoms with Gasteiger partial charge in [0, 0.05) is 12.5 Å². The molecule has 100 valence electrons. The maximum atomic E-state index is 9.78. The molecule has 0 saturated carbocycles. The second-order valence-corrected chi connectivity index (χ2v) is 5.05. The third-order valence-electron chi connectivity index (χ3n) is 2.85. The number of rotatable bonds is 6. The Balaban J connectivity index is 2.93. The van der Waals surface area contributed by atoms with Gasteiger partial charge in [-0.05, 0) is 26.7 Å². The first kappa shape index (κ1) is 14.9. The zero-order valence-electron chi connectivity index (χ0n) is 11.2. The molecular weight excluding hydrogens is 242 g/mol. The van der Waals surface area contributed by atoms with Crippen LogP contribution in [0.4, 0.5) is 0 Å². The third kappa shape index (κ3) is 3.67. The van der Waals surface area contributed by atoms with Gasteiger partial charge >= 0.3 is 0 Å². The first-order chi connectivity index (χ1) is 8.87. The SMILES string of the molecule is C=CCCC(C#N)(C#N)Cc1cc(C(C)(C)O)on1. The molecule has 0 atom stereocenters. The Hall–Kier alpha value is -2.11. The minimum absolute atomic E-state index is 0.174. The van der Waals surface area contributed by atoms with Crippen LogP contribution in [-0.2, 0) is 12.0 Å². The molecule has 0 unspecified atom stereocenters. The highest BCUT2D eigenvalue weighted by atomic mass is 16.5. The van der Waals surface area contributed by atoms with Gasteiger partial charge in [0.2, 0.25) is 0 Å². The summed E-state index contributed by atoms with van der Waals surface area (Å²) in [7, 11) is 0. The van der Waals surface area contributed by atoms with Crippen molar-refractivity contribution in [2.24, 2.45) is 5.41 Å². The minimum Gasteiger partial charge on any atom is -0.382 e. The second kappa shape index (κ2) is 5.69. The van der Waals surface area contributed by atoms with Crippen molar-refractivity contribution in [2.75, 3.05) is 0 Å². The fourth-order valence-electron chi connectivity index (χ4n) is 1.65. The van der Waals surface area contributed by atoms with Crippen molar-refractivity contribution in [1.29, 1.82) is 10.5 Å². The van der Waals surface area contributed by atoms with Crippen molar-refractivity contribution in [3.05, 3.63) is 30.2 Å². The Morgan fingerprint density at radius 3 is 2.53 bits per heavy atom. The largest absolute Gasteiger partial charge is 0.382 e. The van der Waals surface area contributed by atoms with E-state index in [2.05, 4.69) is 11.7 Å². The summed E-state index contributed by atoms with van der Waals surface area (Å²) < 4.78 is 5.03. The van der Waals surface area contributed by atoms with Crippen LogP contribution in [0.25, 0.3) is 0 Å². The molecule has 1 aromatic heterocycles. The minimum atomic E-state index is -1.14. The van der Waals surface area contributed by atoms with E-state index in [0.717, 1.165) is 0 Å². The molecule has 0 amide bonds. The van der Waals surface area contributed by atoms with Crippen LogP contribution in [-0.4, -0.2) is 10.3 Å². The lowest BCUT2D eigenvalue weighted by atomic mass is 9.82. The lowest BCUT2D eigenvalue weighted by molar-refractivity contribution is 0.0474. The van der Waals surface area contributed by atoms with Crippen molar-refractivity contribution in [1.82, 2.24) is 5.16 Å². The molecule has 0 aliphatic heterocycles. The average Bonchev–Trinajstić information content (AvgIpc) is 2.83. The molecule has 0 aliphatic carbocycles. The van der Waals surface area contributed by atoms with Gasteiger partial charge in [-0.15, -0.1) is 6.58 Å². The summed E-state index contributed by atoms with van der Waals surface area (Å²) in [4.78, 5) is 0. The molecule has 0 aromatic carbocycles. The van der Waals surface area contributed by atoms with Crippen LogP contribution >= 0.6 is 0 Å². The molecule has 0 bridgehead atoms. The quantitative estimate of drug-likeness (QED) is 0.792. The molecular formula is C14H17N3O2. The van der Waals surface area contributed by atoms with Gasteiger partial charge in [-0.2, -0.15) is 10.5 Å². The van der Waals surface area contributed by atoms with Crippen LogP contribution in [0.2, 0.25) is 0 Å². The van der Waals surface area contributed by atoms with E-state index in [1.54, 1.807) is 26.0 Å². The van der Waals surface area contributed by atoms with Gasteiger partial charge < -0.3 is 9.63 Å². The van der Waals surface area contributed by atoms with E-state index >= 15 is 0 Å².